The topological polar surface area (TPSA) is 15.3 Å². The van der Waals surface area contributed by atoms with Crippen LogP contribution in [0.1, 0.15) is 44.7 Å². The molecule has 0 aromatic heterocycles. The quantitative estimate of drug-likeness (QED) is 0.901. The predicted octanol–water partition coefficient (Wildman–Crippen LogP) is 3.73. The molecule has 1 N–H and O–H groups in total. The Morgan fingerprint density at radius 3 is 2.65 bits per heavy atom. The molecule has 2 aliphatic rings. The molecule has 3 heteroatoms. The van der Waals surface area contributed by atoms with E-state index < -0.39 is 0 Å². The molecule has 3 rings (SSSR count). The van der Waals surface area contributed by atoms with Crippen LogP contribution in [0.25, 0.3) is 0 Å². The normalized spacial score (nSPS) is 26.9. The Labute approximate surface area is 121 Å². The van der Waals surface area contributed by atoms with E-state index in [2.05, 4.69) is 24.1 Å². The summed E-state index contributed by atoms with van der Waals surface area (Å²) in [6, 6.07) is 5.48. The van der Waals surface area contributed by atoms with Crippen LogP contribution in [0.5, 0.6) is 0 Å². The summed E-state index contributed by atoms with van der Waals surface area (Å²) in [4.78, 5) is 2.48. The zero-order valence-corrected chi connectivity index (χ0v) is 12.5. The zero-order chi connectivity index (χ0) is 14.1. The van der Waals surface area contributed by atoms with Crippen LogP contribution in [0.4, 0.5) is 10.1 Å². The first-order chi connectivity index (χ1) is 9.69. The van der Waals surface area contributed by atoms with Gasteiger partial charge in [0.25, 0.3) is 0 Å². The number of anilines is 1. The lowest BCUT2D eigenvalue weighted by Crippen LogP contribution is -2.25. The van der Waals surface area contributed by atoms with Crippen LogP contribution < -0.4 is 10.2 Å². The fraction of sp³-hybridized carbons (Fsp3) is 0.647. The van der Waals surface area contributed by atoms with E-state index >= 15 is 0 Å². The second-order valence-corrected chi connectivity index (χ2v) is 6.34. The molecule has 2 fully saturated rings. The number of hydrogen-bond acceptors (Lipinski definition) is 2. The van der Waals surface area contributed by atoms with Crippen molar-refractivity contribution in [2.45, 2.75) is 39.2 Å². The van der Waals surface area contributed by atoms with Gasteiger partial charge in [0.1, 0.15) is 5.82 Å². The Morgan fingerprint density at radius 1 is 1.30 bits per heavy atom. The fourth-order valence-corrected chi connectivity index (χ4v) is 4.01. The van der Waals surface area contributed by atoms with Crippen LogP contribution in [0.3, 0.4) is 0 Å². The molecule has 20 heavy (non-hydrogen) atoms. The maximum Gasteiger partial charge on any atom is 0.123 e. The SMILES string of the molecule is CCNC(C)c1cc(F)ccc1N1CC2CCCC2C1. The highest BCUT2D eigenvalue weighted by molar-refractivity contribution is 5.56. The fourth-order valence-electron chi connectivity index (χ4n) is 4.01. The zero-order valence-electron chi connectivity index (χ0n) is 12.5. The van der Waals surface area contributed by atoms with Crippen molar-refractivity contribution < 1.29 is 4.39 Å². The molecule has 0 radical (unpaired) electrons. The van der Waals surface area contributed by atoms with Crippen molar-refractivity contribution >= 4 is 5.69 Å². The number of fused-ring (bicyclic) bond motifs is 1. The molecule has 0 bridgehead atoms. The van der Waals surface area contributed by atoms with E-state index in [9.17, 15) is 4.39 Å². The number of nitrogens with zero attached hydrogens (tertiary/aromatic N) is 1. The first-order valence-electron chi connectivity index (χ1n) is 7.96. The van der Waals surface area contributed by atoms with Crippen molar-refractivity contribution in [3.05, 3.63) is 29.6 Å². The lowest BCUT2D eigenvalue weighted by atomic mass is 10.0. The van der Waals surface area contributed by atoms with Crippen molar-refractivity contribution in [2.75, 3.05) is 24.5 Å². The number of rotatable bonds is 4. The smallest absolute Gasteiger partial charge is 0.123 e. The number of nitrogens with one attached hydrogen (secondary N) is 1. The Kier molecular flexibility index (Phi) is 3.97. The molecule has 1 heterocycles. The predicted molar refractivity (Wildman–Crippen MR) is 81.5 cm³/mol. The van der Waals surface area contributed by atoms with Gasteiger partial charge in [-0.3, -0.25) is 0 Å². The van der Waals surface area contributed by atoms with Crippen LogP contribution in [-0.4, -0.2) is 19.6 Å². The Bertz CT molecular complexity index is 462. The molecule has 0 amide bonds. The van der Waals surface area contributed by atoms with E-state index in [4.69, 9.17) is 0 Å². The van der Waals surface area contributed by atoms with Gasteiger partial charge in [-0.1, -0.05) is 13.3 Å². The van der Waals surface area contributed by atoms with Crippen molar-refractivity contribution in [2.24, 2.45) is 11.8 Å². The Balaban J connectivity index is 1.85. The van der Waals surface area contributed by atoms with Crippen LogP contribution in [-0.2, 0) is 0 Å². The Hall–Kier alpha value is -1.09. The van der Waals surface area contributed by atoms with E-state index in [1.807, 2.05) is 6.07 Å². The van der Waals surface area contributed by atoms with E-state index in [0.29, 0.717) is 0 Å². The summed E-state index contributed by atoms with van der Waals surface area (Å²) in [5.74, 6) is 1.59. The summed E-state index contributed by atoms with van der Waals surface area (Å²) >= 11 is 0. The highest BCUT2D eigenvalue weighted by Gasteiger charge is 2.36. The third-order valence-corrected chi connectivity index (χ3v) is 5.03. The third kappa shape index (κ3) is 2.56. The minimum atomic E-state index is -0.132. The van der Waals surface area contributed by atoms with Crippen molar-refractivity contribution in [3.8, 4) is 0 Å². The van der Waals surface area contributed by atoms with Crippen LogP contribution in [0, 0.1) is 17.7 Å². The van der Waals surface area contributed by atoms with E-state index in [-0.39, 0.29) is 11.9 Å². The summed E-state index contributed by atoms with van der Waals surface area (Å²) in [6.45, 7) is 7.43. The summed E-state index contributed by atoms with van der Waals surface area (Å²) in [5, 5.41) is 3.41. The molecular weight excluding hydrogens is 251 g/mol. The summed E-state index contributed by atoms with van der Waals surface area (Å²) in [7, 11) is 0. The number of halogens is 1. The summed E-state index contributed by atoms with van der Waals surface area (Å²) in [5.41, 5.74) is 2.33. The van der Waals surface area contributed by atoms with Gasteiger partial charge in [-0.05, 0) is 61.9 Å². The molecule has 2 nitrogen and oxygen atoms in total. The second kappa shape index (κ2) is 5.72. The van der Waals surface area contributed by atoms with Gasteiger partial charge in [0.05, 0.1) is 0 Å². The lowest BCUT2D eigenvalue weighted by Gasteiger charge is -2.26. The molecule has 3 atom stereocenters. The van der Waals surface area contributed by atoms with Crippen molar-refractivity contribution in [1.82, 2.24) is 5.32 Å². The molecule has 0 spiro atoms. The van der Waals surface area contributed by atoms with Gasteiger partial charge in [-0.2, -0.15) is 0 Å². The minimum Gasteiger partial charge on any atom is -0.371 e. The molecule has 1 saturated heterocycles. The Morgan fingerprint density at radius 2 is 2.00 bits per heavy atom. The summed E-state index contributed by atoms with van der Waals surface area (Å²) in [6.07, 6.45) is 4.15. The molecule has 1 aliphatic carbocycles. The number of benzene rings is 1. The van der Waals surface area contributed by atoms with Gasteiger partial charge in [-0.15, -0.1) is 0 Å². The largest absolute Gasteiger partial charge is 0.371 e. The van der Waals surface area contributed by atoms with Crippen LogP contribution in [0.2, 0.25) is 0 Å². The van der Waals surface area contributed by atoms with E-state index in [0.717, 1.165) is 37.0 Å². The van der Waals surface area contributed by atoms with E-state index in [1.54, 1.807) is 12.1 Å². The summed E-state index contributed by atoms with van der Waals surface area (Å²) < 4.78 is 13.6. The third-order valence-electron chi connectivity index (χ3n) is 5.03. The standard InChI is InChI=1S/C17H25FN2/c1-3-19-12(2)16-9-15(18)7-8-17(16)20-10-13-5-4-6-14(13)11-20/h7-9,12-14,19H,3-6,10-11H2,1-2H3. The van der Waals surface area contributed by atoms with Crippen molar-refractivity contribution in [3.63, 3.8) is 0 Å². The van der Waals surface area contributed by atoms with Crippen LogP contribution >= 0.6 is 0 Å². The molecule has 1 saturated carbocycles. The first-order valence-corrected chi connectivity index (χ1v) is 7.96. The second-order valence-electron chi connectivity index (χ2n) is 6.34. The molecular formula is C17H25FN2. The van der Waals surface area contributed by atoms with Gasteiger partial charge >= 0.3 is 0 Å². The van der Waals surface area contributed by atoms with Crippen molar-refractivity contribution in [1.29, 1.82) is 0 Å². The van der Waals surface area contributed by atoms with Gasteiger partial charge in [0.2, 0.25) is 0 Å². The molecule has 1 aromatic rings. The number of hydrogen-bond donors (Lipinski definition) is 1. The highest BCUT2D eigenvalue weighted by atomic mass is 19.1. The van der Waals surface area contributed by atoms with Gasteiger partial charge < -0.3 is 10.2 Å². The molecule has 1 aliphatic heterocycles. The minimum absolute atomic E-state index is 0.132. The maximum atomic E-state index is 13.6. The monoisotopic (exact) mass is 276 g/mol. The lowest BCUT2D eigenvalue weighted by molar-refractivity contribution is 0.494. The maximum absolute atomic E-state index is 13.6. The van der Waals surface area contributed by atoms with Gasteiger partial charge in [0, 0.05) is 24.8 Å². The highest BCUT2D eigenvalue weighted by Crippen LogP contribution is 2.41. The average molecular weight is 276 g/mol. The first kappa shape index (κ1) is 13.9. The molecule has 1 aromatic carbocycles. The molecule has 110 valence electrons. The molecule has 3 unspecified atom stereocenters. The van der Waals surface area contributed by atoms with E-state index in [1.165, 1.54) is 24.9 Å². The average Bonchev–Trinajstić information content (AvgIpc) is 2.99. The van der Waals surface area contributed by atoms with Gasteiger partial charge in [-0.25, -0.2) is 4.39 Å². The van der Waals surface area contributed by atoms with Crippen LogP contribution in [0.15, 0.2) is 18.2 Å². The van der Waals surface area contributed by atoms with Gasteiger partial charge in [0.15, 0.2) is 0 Å².